The van der Waals surface area contributed by atoms with Gasteiger partial charge in [0.05, 0.1) is 6.54 Å². The highest BCUT2D eigenvalue weighted by atomic mass is 16.9. The Hall–Kier alpha value is -1.79. The molecule has 0 aromatic heterocycles. The number of carboxylic acid groups (broad SMARTS) is 1. The van der Waals surface area contributed by atoms with Crippen molar-refractivity contribution in [2.75, 3.05) is 13.1 Å². The number of hydrogen-bond donors (Lipinski definition) is 3. The van der Waals surface area contributed by atoms with Crippen molar-refractivity contribution in [2.45, 2.75) is 70.0 Å². The quantitative estimate of drug-likeness (QED) is 0.524. The van der Waals surface area contributed by atoms with Gasteiger partial charge in [-0.15, -0.1) is 0 Å². The van der Waals surface area contributed by atoms with Crippen molar-refractivity contribution >= 4 is 17.8 Å². The molecule has 27 heavy (non-hydrogen) atoms. The highest BCUT2D eigenvalue weighted by Crippen LogP contribution is 2.44. The molecular formula is C16H24N2O9. The molecular weight excluding hydrogens is 364 g/mol. The van der Waals surface area contributed by atoms with Crippen LogP contribution in [0.5, 0.6) is 0 Å². The van der Waals surface area contributed by atoms with Gasteiger partial charge in [-0.25, -0.2) is 0 Å². The molecule has 11 heteroatoms. The number of aliphatic carboxylic acids is 1. The maximum atomic E-state index is 12.6. The van der Waals surface area contributed by atoms with E-state index in [0.717, 1.165) is 0 Å². The fraction of sp³-hybridized carbons (Fsp3) is 0.812. The topological polar surface area (TPSA) is 142 Å². The molecule has 0 aromatic carbocycles. The van der Waals surface area contributed by atoms with Crippen LogP contribution in [0.2, 0.25) is 0 Å². The largest absolute Gasteiger partial charge is 0.480 e. The van der Waals surface area contributed by atoms with Crippen molar-refractivity contribution in [3.8, 4) is 0 Å². The molecule has 3 N–H and O–H groups in total. The first-order valence-corrected chi connectivity index (χ1v) is 8.60. The van der Waals surface area contributed by atoms with Gasteiger partial charge in [0.1, 0.15) is 24.9 Å². The standard InChI is InChI=1S/C16H24N2O9/c1-15(2)24-9-10(25-15)12-14(27-16(3,4)26-12)23-11(9)13(22)18-5-7(19)17-6-8(20)21/h9-12,14H,5-6H2,1-4H3,(H,17,19)(H,18,22)(H,20,21). The molecule has 152 valence electrons. The van der Waals surface area contributed by atoms with Gasteiger partial charge in [0.2, 0.25) is 5.91 Å². The molecule has 0 aromatic rings. The van der Waals surface area contributed by atoms with E-state index in [-0.39, 0.29) is 0 Å². The van der Waals surface area contributed by atoms with Gasteiger partial charge < -0.3 is 39.4 Å². The number of carbonyl (C=O) groups excluding carboxylic acids is 2. The molecule has 0 bridgehead atoms. The van der Waals surface area contributed by atoms with E-state index < -0.39 is 73.2 Å². The van der Waals surface area contributed by atoms with Crippen molar-refractivity contribution in [3.63, 3.8) is 0 Å². The summed E-state index contributed by atoms with van der Waals surface area (Å²) in [6.45, 7) is 5.96. The average Bonchev–Trinajstić information content (AvgIpc) is 3.03. The number of carbonyl (C=O) groups is 3. The predicted molar refractivity (Wildman–Crippen MR) is 86.2 cm³/mol. The van der Waals surface area contributed by atoms with Crippen molar-refractivity contribution in [1.29, 1.82) is 0 Å². The third-order valence-electron chi connectivity index (χ3n) is 4.27. The fourth-order valence-electron chi connectivity index (χ4n) is 3.33. The molecule has 0 aliphatic carbocycles. The first-order chi connectivity index (χ1) is 12.5. The van der Waals surface area contributed by atoms with Crippen LogP contribution < -0.4 is 10.6 Å². The lowest BCUT2D eigenvalue weighted by Crippen LogP contribution is -2.60. The van der Waals surface area contributed by atoms with Gasteiger partial charge in [-0.1, -0.05) is 0 Å². The molecule has 3 heterocycles. The van der Waals surface area contributed by atoms with E-state index in [9.17, 15) is 14.4 Å². The summed E-state index contributed by atoms with van der Waals surface area (Å²) >= 11 is 0. The van der Waals surface area contributed by atoms with Crippen molar-refractivity contribution in [3.05, 3.63) is 0 Å². The van der Waals surface area contributed by atoms with Gasteiger partial charge in [0.25, 0.3) is 5.91 Å². The Kier molecular flexibility index (Phi) is 5.16. The van der Waals surface area contributed by atoms with E-state index >= 15 is 0 Å². The number of rotatable bonds is 5. The normalized spacial score (nSPS) is 35.8. The van der Waals surface area contributed by atoms with Crippen LogP contribution in [0.25, 0.3) is 0 Å². The number of hydrogen-bond acceptors (Lipinski definition) is 8. The Morgan fingerprint density at radius 1 is 0.852 bits per heavy atom. The number of carboxylic acids is 1. The molecule has 3 rings (SSSR count). The summed E-state index contributed by atoms with van der Waals surface area (Å²) in [5, 5.41) is 13.1. The molecule has 3 aliphatic heterocycles. The fourth-order valence-corrected chi connectivity index (χ4v) is 3.33. The number of fused-ring (bicyclic) bond motifs is 3. The lowest BCUT2D eigenvalue weighted by molar-refractivity contribution is -0.231. The van der Waals surface area contributed by atoms with E-state index in [0.29, 0.717) is 0 Å². The molecule has 11 nitrogen and oxygen atoms in total. The van der Waals surface area contributed by atoms with Crippen LogP contribution in [-0.2, 0) is 38.1 Å². The highest BCUT2D eigenvalue weighted by Gasteiger charge is 2.62. The third-order valence-corrected chi connectivity index (χ3v) is 4.27. The van der Waals surface area contributed by atoms with Gasteiger partial charge >= 0.3 is 5.97 Å². The van der Waals surface area contributed by atoms with E-state index in [4.69, 9.17) is 28.8 Å². The molecule has 3 fully saturated rings. The second kappa shape index (κ2) is 6.99. The molecule has 2 amide bonds. The van der Waals surface area contributed by atoms with Crippen LogP contribution in [0.1, 0.15) is 27.7 Å². The zero-order valence-corrected chi connectivity index (χ0v) is 15.5. The SMILES string of the molecule is CC1(C)OC2OC(C(=O)NCC(=O)NCC(=O)O)C3OC(C)(C)OC3C2O1. The maximum Gasteiger partial charge on any atom is 0.322 e. The van der Waals surface area contributed by atoms with E-state index in [2.05, 4.69) is 10.6 Å². The molecule has 5 unspecified atom stereocenters. The Morgan fingerprint density at radius 2 is 1.44 bits per heavy atom. The molecule has 0 saturated carbocycles. The summed E-state index contributed by atoms with van der Waals surface area (Å²) in [5.41, 5.74) is 0. The third kappa shape index (κ3) is 4.38. The minimum atomic E-state index is -1.18. The summed E-state index contributed by atoms with van der Waals surface area (Å²) in [6.07, 6.45) is -3.80. The monoisotopic (exact) mass is 388 g/mol. The summed E-state index contributed by atoms with van der Waals surface area (Å²) < 4.78 is 29.0. The van der Waals surface area contributed by atoms with E-state index in [1.165, 1.54) is 0 Å². The minimum absolute atomic E-state index is 0.398. The van der Waals surface area contributed by atoms with Crippen LogP contribution in [0, 0.1) is 0 Å². The Balaban J connectivity index is 1.66. The molecule has 3 saturated heterocycles. The highest BCUT2D eigenvalue weighted by molar-refractivity contribution is 5.88. The molecule has 3 aliphatic rings. The number of nitrogens with one attached hydrogen (secondary N) is 2. The van der Waals surface area contributed by atoms with E-state index in [1.54, 1.807) is 27.7 Å². The van der Waals surface area contributed by atoms with Gasteiger partial charge in [-0.05, 0) is 27.7 Å². The molecule has 0 radical (unpaired) electrons. The van der Waals surface area contributed by atoms with Gasteiger partial charge in [0.15, 0.2) is 24.0 Å². The van der Waals surface area contributed by atoms with Crippen LogP contribution in [-0.4, -0.2) is 78.3 Å². The first kappa shape index (κ1) is 20.0. The van der Waals surface area contributed by atoms with Gasteiger partial charge in [0, 0.05) is 0 Å². The van der Waals surface area contributed by atoms with Crippen molar-refractivity contribution in [1.82, 2.24) is 10.6 Å². The Morgan fingerprint density at radius 3 is 2.11 bits per heavy atom. The molecule has 0 spiro atoms. The minimum Gasteiger partial charge on any atom is -0.480 e. The second-order valence-corrected chi connectivity index (χ2v) is 7.48. The predicted octanol–water partition coefficient (Wildman–Crippen LogP) is -1.30. The van der Waals surface area contributed by atoms with E-state index in [1.807, 2.05) is 0 Å². The Bertz CT molecular complexity index is 635. The van der Waals surface area contributed by atoms with Gasteiger partial charge in [-0.3, -0.25) is 14.4 Å². The van der Waals surface area contributed by atoms with Crippen molar-refractivity contribution in [2.24, 2.45) is 0 Å². The van der Waals surface area contributed by atoms with Crippen LogP contribution in [0.4, 0.5) is 0 Å². The number of ether oxygens (including phenoxy) is 5. The lowest BCUT2D eigenvalue weighted by atomic mass is 9.98. The summed E-state index contributed by atoms with van der Waals surface area (Å²) in [6, 6.07) is 0. The molecule has 5 atom stereocenters. The number of amides is 2. The smallest absolute Gasteiger partial charge is 0.322 e. The van der Waals surface area contributed by atoms with Crippen LogP contribution >= 0.6 is 0 Å². The summed E-state index contributed by atoms with van der Waals surface area (Å²) in [4.78, 5) is 34.6. The second-order valence-electron chi connectivity index (χ2n) is 7.48. The Labute approximate surface area is 155 Å². The maximum absolute atomic E-state index is 12.6. The summed E-state index contributed by atoms with van der Waals surface area (Å²) in [7, 11) is 0. The lowest BCUT2D eigenvalue weighted by Gasteiger charge is -2.36. The zero-order valence-electron chi connectivity index (χ0n) is 15.5. The average molecular weight is 388 g/mol. The van der Waals surface area contributed by atoms with Crippen LogP contribution in [0.15, 0.2) is 0 Å². The van der Waals surface area contributed by atoms with Gasteiger partial charge in [-0.2, -0.15) is 0 Å². The van der Waals surface area contributed by atoms with Crippen molar-refractivity contribution < 1.29 is 43.2 Å². The van der Waals surface area contributed by atoms with Crippen LogP contribution in [0.3, 0.4) is 0 Å². The summed E-state index contributed by atoms with van der Waals surface area (Å²) in [5.74, 6) is -4.26. The zero-order chi connectivity index (χ0) is 20.0. The first-order valence-electron chi connectivity index (χ1n) is 8.60.